The summed E-state index contributed by atoms with van der Waals surface area (Å²) in [5, 5.41) is 1.62. The summed E-state index contributed by atoms with van der Waals surface area (Å²) in [5.41, 5.74) is -0.889. The van der Waals surface area contributed by atoms with Gasteiger partial charge >= 0.3 is 18.3 Å². The Labute approximate surface area is 114 Å². The summed E-state index contributed by atoms with van der Waals surface area (Å²) < 4.78 is 54.8. The molecule has 0 heterocycles. The van der Waals surface area contributed by atoms with Crippen LogP contribution in [-0.4, -0.2) is 35.9 Å². The molecule has 0 aromatic carbocycles. The van der Waals surface area contributed by atoms with E-state index in [0.717, 1.165) is 0 Å². The van der Waals surface area contributed by atoms with Gasteiger partial charge in [0.2, 0.25) is 0 Å². The van der Waals surface area contributed by atoms with E-state index in [1.54, 1.807) is 26.1 Å². The average molecular weight is 301 g/mol. The maximum Gasteiger partial charge on any atom is 0.383 e. The van der Waals surface area contributed by atoms with Crippen LogP contribution in [0.1, 0.15) is 34.6 Å². The number of carbonyl (C=O) groups is 2. The van der Waals surface area contributed by atoms with E-state index in [2.05, 4.69) is 0 Å². The smallest absolute Gasteiger partial charge is 0.383 e. The van der Waals surface area contributed by atoms with Crippen LogP contribution in [0.25, 0.3) is 0 Å². The van der Waals surface area contributed by atoms with Crippen molar-refractivity contribution in [1.29, 1.82) is 0 Å². The molecule has 0 aliphatic heterocycles. The molecule has 118 valence electrons. The molecule has 0 aromatic rings. The minimum atomic E-state index is -4.85. The Morgan fingerprint density at radius 1 is 1.10 bits per heavy atom. The van der Waals surface area contributed by atoms with Crippen molar-refractivity contribution >= 4 is 11.9 Å². The highest BCUT2D eigenvalue weighted by Crippen LogP contribution is 2.23. The minimum Gasteiger partial charge on any atom is -0.458 e. The van der Waals surface area contributed by atoms with Gasteiger partial charge in [0.15, 0.2) is 0 Å². The van der Waals surface area contributed by atoms with Gasteiger partial charge < -0.3 is 10.1 Å². The Morgan fingerprint density at radius 2 is 1.55 bits per heavy atom. The SMILES string of the molecule is CC(C)[C@@H](NC(=O)C(F)(F)C(F)F)C(=O)OC(C)(C)C. The van der Waals surface area contributed by atoms with Crippen LogP contribution in [0.15, 0.2) is 0 Å². The molecule has 1 N–H and O–H groups in total. The molecule has 0 aliphatic rings. The Hall–Kier alpha value is -1.34. The van der Waals surface area contributed by atoms with Crippen molar-refractivity contribution in [2.45, 2.75) is 58.6 Å². The molecule has 0 aromatic heterocycles. The second kappa shape index (κ2) is 6.41. The van der Waals surface area contributed by atoms with Crippen LogP contribution < -0.4 is 5.32 Å². The van der Waals surface area contributed by atoms with Crippen molar-refractivity contribution in [2.24, 2.45) is 5.92 Å². The lowest BCUT2D eigenvalue weighted by Gasteiger charge is -2.27. The van der Waals surface area contributed by atoms with Crippen LogP contribution in [0.5, 0.6) is 0 Å². The monoisotopic (exact) mass is 301 g/mol. The zero-order chi connectivity index (χ0) is 16.3. The van der Waals surface area contributed by atoms with Crippen molar-refractivity contribution in [2.75, 3.05) is 0 Å². The molecule has 0 fully saturated rings. The maximum absolute atomic E-state index is 12.9. The third-order valence-corrected chi connectivity index (χ3v) is 2.19. The molecule has 0 rings (SSSR count). The van der Waals surface area contributed by atoms with Gasteiger partial charge in [0.05, 0.1) is 0 Å². The molecular weight excluding hydrogens is 282 g/mol. The fourth-order valence-corrected chi connectivity index (χ4v) is 1.20. The molecule has 0 radical (unpaired) electrons. The van der Waals surface area contributed by atoms with Crippen molar-refractivity contribution in [1.82, 2.24) is 5.32 Å². The van der Waals surface area contributed by atoms with Crippen LogP contribution in [0, 0.1) is 5.92 Å². The number of nitrogens with one attached hydrogen (secondary N) is 1. The highest BCUT2D eigenvalue weighted by molar-refractivity contribution is 5.89. The number of rotatable bonds is 5. The van der Waals surface area contributed by atoms with E-state index in [-0.39, 0.29) is 0 Å². The molecule has 0 spiro atoms. The standard InChI is InChI=1S/C12H19F4NO3/c1-6(2)7(8(18)20-11(3,4)5)17-10(19)12(15,16)9(13)14/h6-7,9H,1-5H3,(H,17,19)/t7-/m1/s1. The molecule has 0 unspecified atom stereocenters. The lowest BCUT2D eigenvalue weighted by Crippen LogP contribution is -2.54. The van der Waals surface area contributed by atoms with E-state index in [0.29, 0.717) is 0 Å². The Morgan fingerprint density at radius 3 is 1.85 bits per heavy atom. The first-order chi connectivity index (χ1) is 8.79. The molecular formula is C12H19F4NO3. The predicted molar refractivity (Wildman–Crippen MR) is 63.6 cm³/mol. The predicted octanol–water partition coefficient (Wildman–Crippen LogP) is 2.37. The molecule has 0 aliphatic carbocycles. The van der Waals surface area contributed by atoms with Gasteiger partial charge in [-0.25, -0.2) is 13.6 Å². The molecule has 20 heavy (non-hydrogen) atoms. The first-order valence-electron chi connectivity index (χ1n) is 5.98. The van der Waals surface area contributed by atoms with Gasteiger partial charge in [-0.3, -0.25) is 4.79 Å². The van der Waals surface area contributed by atoms with E-state index in [9.17, 15) is 27.2 Å². The molecule has 0 saturated heterocycles. The first kappa shape index (κ1) is 18.7. The molecule has 8 heteroatoms. The average Bonchev–Trinajstić information content (AvgIpc) is 2.21. The second-order valence-electron chi connectivity index (χ2n) is 5.65. The maximum atomic E-state index is 12.9. The van der Waals surface area contributed by atoms with E-state index in [1.807, 2.05) is 0 Å². The summed E-state index contributed by atoms with van der Waals surface area (Å²) in [5.74, 6) is -8.60. The summed E-state index contributed by atoms with van der Waals surface area (Å²) in [6, 6.07) is -1.42. The van der Waals surface area contributed by atoms with Gasteiger partial charge in [0.25, 0.3) is 5.91 Å². The van der Waals surface area contributed by atoms with Crippen LogP contribution in [0.3, 0.4) is 0 Å². The van der Waals surface area contributed by atoms with Crippen LogP contribution >= 0.6 is 0 Å². The fourth-order valence-electron chi connectivity index (χ4n) is 1.20. The Bertz CT molecular complexity index is 364. The Balaban J connectivity index is 4.98. The number of hydrogen-bond donors (Lipinski definition) is 1. The van der Waals surface area contributed by atoms with Crippen molar-refractivity contribution in [3.8, 4) is 0 Å². The normalized spacial score (nSPS) is 14.3. The third-order valence-electron chi connectivity index (χ3n) is 2.19. The van der Waals surface area contributed by atoms with Crippen LogP contribution in [-0.2, 0) is 14.3 Å². The van der Waals surface area contributed by atoms with E-state index in [4.69, 9.17) is 4.74 Å². The summed E-state index contributed by atoms with van der Waals surface area (Å²) >= 11 is 0. The molecule has 1 atom stereocenters. The van der Waals surface area contributed by atoms with E-state index >= 15 is 0 Å². The van der Waals surface area contributed by atoms with Crippen LogP contribution in [0.4, 0.5) is 17.6 Å². The number of alkyl halides is 4. The van der Waals surface area contributed by atoms with Crippen LogP contribution in [0.2, 0.25) is 0 Å². The zero-order valence-corrected chi connectivity index (χ0v) is 12.0. The molecule has 1 amide bonds. The number of amides is 1. The largest absolute Gasteiger partial charge is 0.458 e. The number of halogens is 4. The van der Waals surface area contributed by atoms with Crippen molar-refractivity contribution < 1.29 is 31.9 Å². The highest BCUT2D eigenvalue weighted by atomic mass is 19.3. The van der Waals surface area contributed by atoms with Crippen molar-refractivity contribution in [3.05, 3.63) is 0 Å². The lowest BCUT2D eigenvalue weighted by molar-refractivity contribution is -0.174. The second-order valence-corrected chi connectivity index (χ2v) is 5.65. The van der Waals surface area contributed by atoms with Gasteiger partial charge in [0.1, 0.15) is 11.6 Å². The lowest BCUT2D eigenvalue weighted by atomic mass is 10.0. The topological polar surface area (TPSA) is 55.4 Å². The van der Waals surface area contributed by atoms with E-state index in [1.165, 1.54) is 13.8 Å². The molecule has 4 nitrogen and oxygen atoms in total. The quantitative estimate of drug-likeness (QED) is 0.626. The molecule has 0 bridgehead atoms. The van der Waals surface area contributed by atoms with Gasteiger partial charge in [-0.2, -0.15) is 8.78 Å². The first-order valence-corrected chi connectivity index (χ1v) is 5.98. The van der Waals surface area contributed by atoms with Gasteiger partial charge in [-0.1, -0.05) is 13.8 Å². The number of carbonyl (C=O) groups excluding carboxylic acids is 2. The zero-order valence-electron chi connectivity index (χ0n) is 12.0. The summed E-state index contributed by atoms with van der Waals surface area (Å²) in [7, 11) is 0. The van der Waals surface area contributed by atoms with Gasteiger partial charge in [-0.15, -0.1) is 0 Å². The summed E-state index contributed by atoms with van der Waals surface area (Å²) in [6.07, 6.45) is -4.14. The number of esters is 1. The number of ether oxygens (including phenoxy) is 1. The highest BCUT2D eigenvalue weighted by Gasteiger charge is 2.50. The van der Waals surface area contributed by atoms with Gasteiger partial charge in [-0.05, 0) is 26.7 Å². The number of hydrogen-bond acceptors (Lipinski definition) is 3. The fraction of sp³-hybridized carbons (Fsp3) is 0.833. The summed E-state index contributed by atoms with van der Waals surface area (Å²) in [4.78, 5) is 22.9. The van der Waals surface area contributed by atoms with Crippen molar-refractivity contribution in [3.63, 3.8) is 0 Å². The van der Waals surface area contributed by atoms with E-state index < -0.39 is 41.8 Å². The molecule has 0 saturated carbocycles. The summed E-state index contributed by atoms with van der Waals surface area (Å²) in [6.45, 7) is 7.60. The van der Waals surface area contributed by atoms with Gasteiger partial charge in [0, 0.05) is 0 Å². The third kappa shape index (κ3) is 5.34. The minimum absolute atomic E-state index is 0.595. The Kier molecular flexibility index (Phi) is 5.98.